The van der Waals surface area contributed by atoms with Crippen LogP contribution in [-0.2, 0) is 9.47 Å². The van der Waals surface area contributed by atoms with E-state index >= 15 is 0 Å². The molecule has 0 aliphatic rings. The average molecular weight is 370 g/mol. The number of amides is 1. The molecule has 0 fully saturated rings. The molecule has 0 saturated heterocycles. The van der Waals surface area contributed by atoms with E-state index in [1.807, 2.05) is 0 Å². The Bertz CT molecular complexity index is 709. The third-order valence-corrected chi connectivity index (χ3v) is 3.39. The normalized spacial score (nSPS) is 9.92. The Hall–Kier alpha value is -2.44. The van der Waals surface area contributed by atoms with Crippen molar-refractivity contribution in [1.29, 1.82) is 0 Å². The van der Waals surface area contributed by atoms with E-state index in [1.165, 1.54) is 6.07 Å². The maximum atomic E-state index is 11.6. The van der Waals surface area contributed by atoms with Crippen molar-refractivity contribution < 1.29 is 23.8 Å². The highest BCUT2D eigenvalue weighted by atomic mass is 35.5. The van der Waals surface area contributed by atoms with E-state index in [2.05, 4.69) is 5.32 Å². The van der Waals surface area contributed by atoms with E-state index in [0.29, 0.717) is 21.5 Å². The lowest BCUT2D eigenvalue weighted by molar-refractivity contribution is 0.0731. The standard InChI is InChI=1S/C16H13Cl2NO5/c17-13-7-6-11(10-14(13)18)19-15(20)22-8-9-23-16(21)24-12-4-2-1-3-5-12/h1-7,10H,8-9H2,(H,19,20). The van der Waals surface area contributed by atoms with Gasteiger partial charge in [0.25, 0.3) is 0 Å². The van der Waals surface area contributed by atoms with Crippen LogP contribution in [-0.4, -0.2) is 25.5 Å². The van der Waals surface area contributed by atoms with Crippen LogP contribution in [0.2, 0.25) is 10.0 Å². The van der Waals surface area contributed by atoms with Gasteiger partial charge in [-0.2, -0.15) is 0 Å². The number of carbonyl (C=O) groups is 2. The molecule has 0 bridgehead atoms. The van der Waals surface area contributed by atoms with Crippen molar-refractivity contribution in [1.82, 2.24) is 0 Å². The Labute approximate surface area is 148 Å². The van der Waals surface area contributed by atoms with Crippen molar-refractivity contribution >= 4 is 41.1 Å². The minimum atomic E-state index is -0.880. The van der Waals surface area contributed by atoms with Gasteiger partial charge < -0.3 is 14.2 Å². The molecule has 24 heavy (non-hydrogen) atoms. The van der Waals surface area contributed by atoms with E-state index in [-0.39, 0.29) is 13.2 Å². The molecule has 126 valence electrons. The molecule has 0 spiro atoms. The van der Waals surface area contributed by atoms with E-state index < -0.39 is 12.2 Å². The van der Waals surface area contributed by atoms with E-state index in [0.717, 1.165) is 0 Å². The van der Waals surface area contributed by atoms with Gasteiger partial charge >= 0.3 is 12.2 Å². The van der Waals surface area contributed by atoms with Crippen molar-refractivity contribution in [2.75, 3.05) is 18.5 Å². The third-order valence-electron chi connectivity index (χ3n) is 2.65. The Morgan fingerprint density at radius 1 is 0.917 bits per heavy atom. The maximum absolute atomic E-state index is 11.6. The first-order valence-corrected chi connectivity index (χ1v) is 7.58. The molecule has 2 aromatic carbocycles. The predicted molar refractivity (Wildman–Crippen MR) is 89.9 cm³/mol. The number of halogens is 2. The van der Waals surface area contributed by atoms with E-state index in [9.17, 15) is 9.59 Å². The van der Waals surface area contributed by atoms with Crippen LogP contribution in [0.5, 0.6) is 5.75 Å². The highest BCUT2D eigenvalue weighted by molar-refractivity contribution is 6.42. The van der Waals surface area contributed by atoms with Crippen molar-refractivity contribution in [2.24, 2.45) is 0 Å². The summed E-state index contributed by atoms with van der Waals surface area (Å²) in [5, 5.41) is 3.14. The monoisotopic (exact) mass is 369 g/mol. The van der Waals surface area contributed by atoms with Gasteiger partial charge in [-0.3, -0.25) is 5.32 Å². The quantitative estimate of drug-likeness (QED) is 0.467. The van der Waals surface area contributed by atoms with Gasteiger partial charge in [0.1, 0.15) is 19.0 Å². The first-order chi connectivity index (χ1) is 11.5. The van der Waals surface area contributed by atoms with Crippen LogP contribution in [0.15, 0.2) is 48.5 Å². The fraction of sp³-hybridized carbons (Fsp3) is 0.125. The van der Waals surface area contributed by atoms with Gasteiger partial charge in [0, 0.05) is 5.69 Å². The van der Waals surface area contributed by atoms with Gasteiger partial charge in [0.05, 0.1) is 10.0 Å². The number of benzene rings is 2. The molecule has 0 aliphatic heterocycles. The number of nitrogens with one attached hydrogen (secondary N) is 1. The molecule has 2 aromatic rings. The number of ether oxygens (including phenoxy) is 3. The first-order valence-electron chi connectivity index (χ1n) is 6.83. The summed E-state index contributed by atoms with van der Waals surface area (Å²) in [5.41, 5.74) is 0.429. The molecule has 0 aromatic heterocycles. The fourth-order valence-electron chi connectivity index (χ4n) is 1.60. The van der Waals surface area contributed by atoms with Crippen LogP contribution in [0.4, 0.5) is 15.3 Å². The second kappa shape index (κ2) is 9.00. The molecule has 0 radical (unpaired) electrons. The maximum Gasteiger partial charge on any atom is 0.513 e. The zero-order valence-electron chi connectivity index (χ0n) is 12.3. The number of carbonyl (C=O) groups excluding carboxylic acids is 2. The third kappa shape index (κ3) is 5.98. The summed E-state index contributed by atoms with van der Waals surface area (Å²) in [6, 6.07) is 13.1. The Morgan fingerprint density at radius 3 is 2.33 bits per heavy atom. The molecular formula is C16H13Cl2NO5. The summed E-state index contributed by atoms with van der Waals surface area (Å²) < 4.78 is 14.5. The fourth-order valence-corrected chi connectivity index (χ4v) is 1.90. The predicted octanol–water partition coefficient (Wildman–Crippen LogP) is 4.76. The highest BCUT2D eigenvalue weighted by Crippen LogP contribution is 2.24. The molecule has 6 nitrogen and oxygen atoms in total. The summed E-state index contributed by atoms with van der Waals surface area (Å²) >= 11 is 11.6. The average Bonchev–Trinajstić information content (AvgIpc) is 2.56. The van der Waals surface area contributed by atoms with Crippen molar-refractivity contribution in [3.8, 4) is 5.75 Å². The molecule has 0 aliphatic carbocycles. The van der Waals surface area contributed by atoms with Crippen molar-refractivity contribution in [2.45, 2.75) is 0 Å². The van der Waals surface area contributed by atoms with Crippen molar-refractivity contribution in [3.63, 3.8) is 0 Å². The minimum absolute atomic E-state index is 0.128. The summed E-state index contributed by atoms with van der Waals surface area (Å²) in [7, 11) is 0. The summed E-state index contributed by atoms with van der Waals surface area (Å²) in [6.07, 6.45) is -1.59. The lowest BCUT2D eigenvalue weighted by Gasteiger charge is -2.08. The second-order valence-corrected chi connectivity index (χ2v) is 5.22. The van der Waals surface area contributed by atoms with Crippen LogP contribution in [0.25, 0.3) is 0 Å². The summed E-state index contributed by atoms with van der Waals surface area (Å²) in [6.45, 7) is -0.266. The topological polar surface area (TPSA) is 73.9 Å². The van der Waals surface area contributed by atoms with Crippen LogP contribution in [0.1, 0.15) is 0 Å². The molecule has 0 heterocycles. The number of hydrogen-bond donors (Lipinski definition) is 1. The Morgan fingerprint density at radius 2 is 1.62 bits per heavy atom. The van der Waals surface area contributed by atoms with E-state index in [1.54, 1.807) is 42.5 Å². The molecule has 1 N–H and O–H groups in total. The molecule has 1 amide bonds. The number of rotatable bonds is 5. The molecule has 0 atom stereocenters. The molecule has 8 heteroatoms. The SMILES string of the molecule is O=C(Nc1ccc(Cl)c(Cl)c1)OCCOC(=O)Oc1ccccc1. The molecular weight excluding hydrogens is 357 g/mol. The Balaban J connectivity index is 1.65. The van der Waals surface area contributed by atoms with Crippen LogP contribution in [0.3, 0.4) is 0 Å². The molecule has 2 rings (SSSR count). The van der Waals surface area contributed by atoms with Gasteiger partial charge in [0.2, 0.25) is 0 Å². The number of hydrogen-bond acceptors (Lipinski definition) is 5. The van der Waals surface area contributed by atoms with Gasteiger partial charge in [-0.1, -0.05) is 41.4 Å². The Kier molecular flexibility index (Phi) is 6.72. The van der Waals surface area contributed by atoms with Crippen molar-refractivity contribution in [3.05, 3.63) is 58.6 Å². The second-order valence-electron chi connectivity index (χ2n) is 4.40. The smallest absolute Gasteiger partial charge is 0.446 e. The lowest BCUT2D eigenvalue weighted by Crippen LogP contribution is -2.19. The van der Waals surface area contributed by atoms with Gasteiger partial charge in [-0.05, 0) is 30.3 Å². The molecule has 0 unspecified atom stereocenters. The largest absolute Gasteiger partial charge is 0.513 e. The van der Waals surface area contributed by atoms with Crippen LogP contribution in [0, 0.1) is 0 Å². The van der Waals surface area contributed by atoms with Crippen LogP contribution >= 0.6 is 23.2 Å². The van der Waals surface area contributed by atoms with Gasteiger partial charge in [-0.15, -0.1) is 0 Å². The first kappa shape index (κ1) is 17.9. The number of para-hydroxylation sites is 1. The van der Waals surface area contributed by atoms with Crippen LogP contribution < -0.4 is 10.1 Å². The lowest BCUT2D eigenvalue weighted by atomic mass is 10.3. The highest BCUT2D eigenvalue weighted by Gasteiger charge is 2.08. The molecule has 0 saturated carbocycles. The van der Waals surface area contributed by atoms with E-state index in [4.69, 9.17) is 37.4 Å². The summed E-state index contributed by atoms with van der Waals surface area (Å²) in [4.78, 5) is 23.0. The number of anilines is 1. The zero-order chi connectivity index (χ0) is 17.4. The van der Waals surface area contributed by atoms with Gasteiger partial charge in [0.15, 0.2) is 0 Å². The summed E-state index contributed by atoms with van der Waals surface area (Å²) in [5.74, 6) is 0.362. The zero-order valence-corrected chi connectivity index (χ0v) is 13.8. The minimum Gasteiger partial charge on any atom is -0.446 e. The van der Waals surface area contributed by atoms with Gasteiger partial charge in [-0.25, -0.2) is 9.59 Å².